The standard InChI is InChI=1S/C20H25NO2S/c1-15(19(22)17-13-9-6-10-14-17)18(16-11-7-5-8-12-16)21-24(23)20(2,3)4/h5-15,18,21H,1-4H3/t15-,18-,24?/m1/s1. The largest absolute Gasteiger partial charge is 0.294 e. The van der Waals surface area contributed by atoms with Crippen molar-refractivity contribution in [2.75, 3.05) is 0 Å². The molecule has 0 saturated carbocycles. The van der Waals surface area contributed by atoms with E-state index in [4.69, 9.17) is 0 Å². The summed E-state index contributed by atoms with van der Waals surface area (Å²) in [6, 6.07) is 18.7. The molecule has 128 valence electrons. The summed E-state index contributed by atoms with van der Waals surface area (Å²) in [6.07, 6.45) is 0. The Morgan fingerprint density at radius 1 is 0.958 bits per heavy atom. The average Bonchev–Trinajstić information content (AvgIpc) is 2.59. The van der Waals surface area contributed by atoms with E-state index >= 15 is 0 Å². The van der Waals surface area contributed by atoms with Crippen molar-refractivity contribution in [2.24, 2.45) is 5.92 Å². The van der Waals surface area contributed by atoms with Crippen LogP contribution in [0.25, 0.3) is 0 Å². The average molecular weight is 343 g/mol. The molecular formula is C20H25NO2S. The molecule has 1 unspecified atom stereocenters. The molecule has 1 N–H and O–H groups in total. The van der Waals surface area contributed by atoms with Crippen LogP contribution in [0.3, 0.4) is 0 Å². The van der Waals surface area contributed by atoms with Crippen molar-refractivity contribution in [1.29, 1.82) is 0 Å². The van der Waals surface area contributed by atoms with Gasteiger partial charge in [0, 0.05) is 11.5 Å². The fourth-order valence-electron chi connectivity index (χ4n) is 2.43. The van der Waals surface area contributed by atoms with Crippen molar-refractivity contribution in [3.63, 3.8) is 0 Å². The first-order chi connectivity index (χ1) is 11.3. The third-order valence-electron chi connectivity index (χ3n) is 3.92. The van der Waals surface area contributed by atoms with Crippen molar-refractivity contribution in [2.45, 2.75) is 38.5 Å². The Hall–Kier alpha value is -1.78. The summed E-state index contributed by atoms with van der Waals surface area (Å²) >= 11 is 0. The molecule has 0 aliphatic carbocycles. The zero-order valence-corrected chi connectivity index (χ0v) is 15.5. The maximum Gasteiger partial charge on any atom is 0.167 e. The van der Waals surface area contributed by atoms with Gasteiger partial charge in [0.25, 0.3) is 0 Å². The van der Waals surface area contributed by atoms with Crippen LogP contribution in [0.5, 0.6) is 0 Å². The van der Waals surface area contributed by atoms with Gasteiger partial charge in [-0.15, -0.1) is 0 Å². The molecule has 0 radical (unpaired) electrons. The molecule has 2 aromatic carbocycles. The van der Waals surface area contributed by atoms with Gasteiger partial charge < -0.3 is 0 Å². The van der Waals surface area contributed by atoms with E-state index in [1.54, 1.807) is 0 Å². The Morgan fingerprint density at radius 2 is 1.46 bits per heavy atom. The van der Waals surface area contributed by atoms with Crippen molar-refractivity contribution in [1.82, 2.24) is 4.72 Å². The summed E-state index contributed by atoms with van der Waals surface area (Å²) in [7, 11) is -1.26. The Labute approximate surface area is 147 Å². The normalized spacial score (nSPS) is 15.5. The van der Waals surface area contributed by atoms with Gasteiger partial charge in [-0.1, -0.05) is 67.6 Å². The summed E-state index contributed by atoms with van der Waals surface area (Å²) < 4.78 is 15.4. The van der Waals surface area contributed by atoms with Crippen molar-refractivity contribution < 1.29 is 9.00 Å². The van der Waals surface area contributed by atoms with E-state index in [1.807, 2.05) is 88.4 Å². The molecule has 0 aromatic heterocycles. The molecule has 0 saturated heterocycles. The van der Waals surface area contributed by atoms with Gasteiger partial charge in [0.1, 0.15) is 0 Å². The second-order valence-corrected chi connectivity index (χ2v) is 8.90. The zero-order chi connectivity index (χ0) is 17.7. The number of Topliss-reactive ketones (excluding diaryl/α,β-unsaturated/α-hetero) is 1. The molecule has 3 atom stereocenters. The molecule has 24 heavy (non-hydrogen) atoms. The van der Waals surface area contributed by atoms with Crippen molar-refractivity contribution in [3.8, 4) is 0 Å². The predicted octanol–water partition coefficient (Wildman–Crippen LogP) is 4.30. The topological polar surface area (TPSA) is 46.2 Å². The van der Waals surface area contributed by atoms with E-state index in [9.17, 15) is 9.00 Å². The smallest absolute Gasteiger partial charge is 0.167 e. The van der Waals surface area contributed by atoms with Crippen LogP contribution in [0.1, 0.15) is 49.7 Å². The first-order valence-corrected chi connectivity index (χ1v) is 9.28. The van der Waals surface area contributed by atoms with Crippen LogP contribution >= 0.6 is 0 Å². The molecule has 2 aromatic rings. The molecule has 0 bridgehead atoms. The molecule has 0 aliphatic heterocycles. The second kappa shape index (κ2) is 7.86. The minimum Gasteiger partial charge on any atom is -0.294 e. The summed E-state index contributed by atoms with van der Waals surface area (Å²) in [5.74, 6) is -0.288. The van der Waals surface area contributed by atoms with E-state index in [0.29, 0.717) is 5.56 Å². The lowest BCUT2D eigenvalue weighted by molar-refractivity contribution is 0.0909. The fourth-order valence-corrected chi connectivity index (χ4v) is 3.35. The maximum atomic E-state index is 12.9. The van der Waals surface area contributed by atoms with Crippen molar-refractivity contribution >= 4 is 16.8 Å². The van der Waals surface area contributed by atoms with E-state index in [2.05, 4.69) is 4.72 Å². The van der Waals surface area contributed by atoms with Crippen molar-refractivity contribution in [3.05, 3.63) is 71.8 Å². The van der Waals surface area contributed by atoms with Crippen LogP contribution in [0, 0.1) is 5.92 Å². The maximum absolute atomic E-state index is 12.9. The number of carbonyl (C=O) groups is 1. The highest BCUT2D eigenvalue weighted by Crippen LogP contribution is 2.27. The van der Waals surface area contributed by atoms with Gasteiger partial charge in [-0.05, 0) is 26.3 Å². The molecule has 0 fully saturated rings. The Balaban J connectivity index is 2.32. The fraction of sp³-hybridized carbons (Fsp3) is 0.350. The second-order valence-electron chi connectivity index (χ2n) is 6.91. The quantitative estimate of drug-likeness (QED) is 0.795. The highest BCUT2D eigenvalue weighted by atomic mass is 32.2. The molecular weight excluding hydrogens is 318 g/mol. The SMILES string of the molecule is C[C@@H](C(=O)c1ccccc1)[C@@H](NS(=O)C(C)(C)C)c1ccccc1. The van der Waals surface area contributed by atoms with E-state index in [0.717, 1.165) is 5.56 Å². The lowest BCUT2D eigenvalue weighted by atomic mass is 9.89. The van der Waals surface area contributed by atoms with Crippen LogP contribution in [0.15, 0.2) is 60.7 Å². The van der Waals surface area contributed by atoms with Gasteiger partial charge in [0.15, 0.2) is 5.78 Å². The molecule has 3 nitrogen and oxygen atoms in total. The highest BCUT2D eigenvalue weighted by molar-refractivity contribution is 7.84. The van der Waals surface area contributed by atoms with Crippen LogP contribution in [0.4, 0.5) is 0 Å². The Bertz CT molecular complexity index is 693. The molecule has 0 spiro atoms. The monoisotopic (exact) mass is 343 g/mol. The third-order valence-corrected chi connectivity index (χ3v) is 5.50. The lowest BCUT2D eigenvalue weighted by Crippen LogP contribution is -2.39. The minimum atomic E-state index is -1.26. The predicted molar refractivity (Wildman–Crippen MR) is 100 cm³/mol. The molecule has 4 heteroatoms. The van der Waals surface area contributed by atoms with Gasteiger partial charge in [0.05, 0.1) is 21.8 Å². The number of ketones is 1. The summed E-state index contributed by atoms with van der Waals surface area (Å²) in [5.41, 5.74) is 1.64. The molecule has 0 heterocycles. The van der Waals surface area contributed by atoms with Gasteiger partial charge in [-0.2, -0.15) is 0 Å². The Morgan fingerprint density at radius 3 is 1.96 bits per heavy atom. The van der Waals surface area contributed by atoms with Crippen LogP contribution in [0.2, 0.25) is 0 Å². The molecule has 0 amide bonds. The Kier molecular flexibility index (Phi) is 6.08. The molecule has 2 rings (SSSR count). The van der Waals surface area contributed by atoms with Crippen LogP contribution in [-0.2, 0) is 11.0 Å². The summed E-state index contributed by atoms with van der Waals surface area (Å²) in [6.45, 7) is 7.64. The zero-order valence-electron chi connectivity index (χ0n) is 14.7. The third kappa shape index (κ3) is 4.62. The van der Waals surface area contributed by atoms with E-state index < -0.39 is 15.7 Å². The number of nitrogens with one attached hydrogen (secondary N) is 1. The van der Waals surface area contributed by atoms with Gasteiger partial charge in [-0.3, -0.25) is 4.79 Å². The number of rotatable bonds is 6. The van der Waals surface area contributed by atoms with Gasteiger partial charge in [0.2, 0.25) is 0 Å². The first-order valence-electron chi connectivity index (χ1n) is 8.13. The van der Waals surface area contributed by atoms with E-state index in [1.165, 1.54) is 0 Å². The molecule has 0 aliphatic rings. The van der Waals surface area contributed by atoms with Crippen LogP contribution < -0.4 is 4.72 Å². The number of hydrogen-bond donors (Lipinski definition) is 1. The first kappa shape index (κ1) is 18.6. The lowest BCUT2D eigenvalue weighted by Gasteiger charge is -2.28. The number of benzene rings is 2. The number of hydrogen-bond acceptors (Lipinski definition) is 2. The summed E-state index contributed by atoms with van der Waals surface area (Å²) in [5, 5.41) is 0. The van der Waals surface area contributed by atoms with Crippen LogP contribution in [-0.4, -0.2) is 14.7 Å². The highest BCUT2D eigenvalue weighted by Gasteiger charge is 2.30. The summed E-state index contributed by atoms with van der Waals surface area (Å²) in [4.78, 5) is 12.9. The minimum absolute atomic E-state index is 0.0443. The van der Waals surface area contributed by atoms with E-state index in [-0.39, 0.29) is 17.7 Å². The van der Waals surface area contributed by atoms with Gasteiger partial charge in [-0.25, -0.2) is 8.93 Å². The number of carbonyl (C=O) groups excluding carboxylic acids is 1. The van der Waals surface area contributed by atoms with Gasteiger partial charge >= 0.3 is 0 Å².